The van der Waals surface area contributed by atoms with E-state index in [0.717, 1.165) is 47.6 Å². The van der Waals surface area contributed by atoms with E-state index in [0.29, 0.717) is 16.7 Å². The molecule has 0 atom stereocenters. The van der Waals surface area contributed by atoms with Crippen LogP contribution in [-0.4, -0.2) is 50.4 Å². The Labute approximate surface area is 205 Å². The third-order valence-electron chi connectivity index (χ3n) is 5.05. The number of thiophene rings is 1. The van der Waals surface area contributed by atoms with Crippen LogP contribution in [0.5, 0.6) is 5.75 Å². The number of carbonyl (C=O) groups is 2. The lowest BCUT2D eigenvalue weighted by Gasteiger charge is -2.24. The molecule has 0 aliphatic carbocycles. The molecular weight excluding hydrogens is 464 g/mol. The minimum atomic E-state index is -0.609. The number of esters is 2. The summed E-state index contributed by atoms with van der Waals surface area (Å²) in [4.78, 5) is 25.8. The number of benzene rings is 1. The van der Waals surface area contributed by atoms with Gasteiger partial charge in [-0.15, -0.1) is 23.7 Å². The maximum absolute atomic E-state index is 12.4. The Morgan fingerprint density at radius 3 is 2.55 bits per heavy atom. The Balaban J connectivity index is 0.00000385. The first-order valence-corrected chi connectivity index (χ1v) is 11.6. The van der Waals surface area contributed by atoms with Gasteiger partial charge in [-0.2, -0.15) is 0 Å². The number of methoxy groups -OCH3 is 1. The number of piperidine rings is 1. The number of carbonyl (C=O) groups excluding carboxylic acids is 2. The first kappa shape index (κ1) is 27.0. The van der Waals surface area contributed by atoms with E-state index < -0.39 is 17.5 Å². The summed E-state index contributed by atoms with van der Waals surface area (Å²) in [6, 6.07) is 8.58. The molecule has 0 bridgehead atoms. The monoisotopic (exact) mass is 496 g/mol. The summed E-state index contributed by atoms with van der Waals surface area (Å²) in [7, 11) is 1.33. The van der Waals surface area contributed by atoms with Gasteiger partial charge in [0.05, 0.1) is 7.11 Å². The number of hydrogen-bond acceptors (Lipinski definition) is 8. The van der Waals surface area contributed by atoms with Crippen LogP contribution in [0.2, 0.25) is 0 Å². The van der Waals surface area contributed by atoms with Gasteiger partial charge in [0.2, 0.25) is 0 Å². The molecule has 1 aliphatic heterocycles. The van der Waals surface area contributed by atoms with E-state index in [2.05, 4.69) is 22.8 Å². The lowest BCUT2D eigenvalue weighted by Crippen LogP contribution is -2.35. The molecule has 3 rings (SSSR count). The average Bonchev–Trinajstić information content (AvgIpc) is 3.07. The number of rotatable bonds is 7. The van der Waals surface area contributed by atoms with Gasteiger partial charge in [-0.05, 0) is 71.3 Å². The number of nitrogens with one attached hydrogen (secondary N) is 2. The van der Waals surface area contributed by atoms with E-state index in [4.69, 9.17) is 14.2 Å². The molecule has 7 nitrogen and oxygen atoms in total. The Morgan fingerprint density at radius 2 is 1.91 bits per heavy atom. The van der Waals surface area contributed by atoms with E-state index in [1.54, 1.807) is 20.8 Å². The second kappa shape index (κ2) is 11.7. The lowest BCUT2D eigenvalue weighted by atomic mass is 10.1. The predicted octanol–water partition coefficient (Wildman–Crippen LogP) is 4.82. The Hall–Kier alpha value is -2.29. The van der Waals surface area contributed by atoms with Gasteiger partial charge in [-0.1, -0.05) is 12.1 Å². The molecule has 182 valence electrons. The highest BCUT2D eigenvalue weighted by Gasteiger charge is 2.25. The molecule has 0 radical (unpaired) electrons. The van der Waals surface area contributed by atoms with Gasteiger partial charge >= 0.3 is 11.9 Å². The molecule has 1 fully saturated rings. The van der Waals surface area contributed by atoms with Gasteiger partial charge in [0.15, 0.2) is 11.5 Å². The molecule has 2 aromatic rings. The quantitative estimate of drug-likeness (QED) is 0.531. The Morgan fingerprint density at radius 1 is 1.21 bits per heavy atom. The molecule has 1 aromatic heterocycles. The molecule has 1 aromatic carbocycles. The summed E-state index contributed by atoms with van der Waals surface area (Å²) < 4.78 is 16.0. The fraction of sp³-hybridized carbons (Fsp3) is 0.500. The van der Waals surface area contributed by atoms with E-state index >= 15 is 0 Å². The van der Waals surface area contributed by atoms with Crippen LogP contribution in [0.25, 0.3) is 10.4 Å². The third kappa shape index (κ3) is 7.35. The van der Waals surface area contributed by atoms with Crippen molar-refractivity contribution >= 4 is 41.4 Å². The minimum Gasteiger partial charge on any atom is -0.480 e. The zero-order chi connectivity index (χ0) is 23.3. The molecule has 0 spiro atoms. The molecule has 0 unspecified atom stereocenters. The fourth-order valence-corrected chi connectivity index (χ4v) is 4.80. The largest absolute Gasteiger partial charge is 0.480 e. The summed E-state index contributed by atoms with van der Waals surface area (Å²) in [5.41, 5.74) is 2.20. The molecule has 1 aliphatic rings. The van der Waals surface area contributed by atoms with Crippen LogP contribution in [0.4, 0.5) is 5.69 Å². The van der Waals surface area contributed by atoms with Gasteiger partial charge in [0, 0.05) is 22.2 Å². The third-order valence-corrected chi connectivity index (χ3v) is 6.35. The van der Waals surface area contributed by atoms with Crippen molar-refractivity contribution in [1.29, 1.82) is 0 Å². The summed E-state index contributed by atoms with van der Waals surface area (Å²) in [6.45, 7) is 9.02. The first-order chi connectivity index (χ1) is 15.2. The number of halogens is 1. The second-order valence-corrected chi connectivity index (χ2v) is 9.85. The van der Waals surface area contributed by atoms with E-state index in [1.807, 2.05) is 19.1 Å². The van der Waals surface area contributed by atoms with E-state index in [1.165, 1.54) is 18.4 Å². The van der Waals surface area contributed by atoms with Crippen molar-refractivity contribution in [2.75, 3.05) is 32.1 Å². The maximum Gasteiger partial charge on any atom is 0.351 e. The number of ether oxygens (including phenoxy) is 3. The lowest BCUT2D eigenvalue weighted by molar-refractivity contribution is -0.157. The van der Waals surface area contributed by atoms with Crippen LogP contribution in [0.1, 0.15) is 48.8 Å². The normalized spacial score (nSPS) is 14.2. The van der Waals surface area contributed by atoms with Crippen LogP contribution in [0, 0.1) is 6.92 Å². The van der Waals surface area contributed by atoms with Gasteiger partial charge in [0.25, 0.3) is 0 Å². The molecule has 2 heterocycles. The number of anilines is 1. The van der Waals surface area contributed by atoms with Gasteiger partial charge in [-0.25, -0.2) is 9.59 Å². The van der Waals surface area contributed by atoms with Crippen molar-refractivity contribution in [2.24, 2.45) is 0 Å². The summed E-state index contributed by atoms with van der Waals surface area (Å²) in [5, 5.41) is 6.98. The predicted molar refractivity (Wildman–Crippen MR) is 134 cm³/mol. The highest BCUT2D eigenvalue weighted by Crippen LogP contribution is 2.42. The van der Waals surface area contributed by atoms with Crippen LogP contribution >= 0.6 is 23.7 Å². The first-order valence-electron chi connectivity index (χ1n) is 10.8. The van der Waals surface area contributed by atoms with Gasteiger partial charge < -0.3 is 24.8 Å². The Bertz CT molecular complexity index is 964. The number of hydrogen-bond donors (Lipinski definition) is 2. The zero-order valence-electron chi connectivity index (χ0n) is 19.8. The molecule has 1 saturated heterocycles. The van der Waals surface area contributed by atoms with Crippen LogP contribution in [-0.2, 0) is 14.3 Å². The molecule has 2 N–H and O–H groups in total. The standard InChI is InChI=1S/C24H32N2O5S.ClH/c1-15-20(30-14-19(27)31-24(2,3)4)22(23(28)29-5)32-21(15)16-7-6-8-18(13-16)26-17-9-11-25-12-10-17;/h6-8,13,17,25-26H,9-12,14H2,1-5H3;1H. The highest BCUT2D eigenvalue weighted by molar-refractivity contribution is 7.18. The van der Waals surface area contributed by atoms with Gasteiger partial charge in [0.1, 0.15) is 11.4 Å². The minimum absolute atomic E-state index is 0. The summed E-state index contributed by atoms with van der Waals surface area (Å²) in [5.74, 6) is -0.624. The van der Waals surface area contributed by atoms with E-state index in [-0.39, 0.29) is 19.0 Å². The summed E-state index contributed by atoms with van der Waals surface area (Å²) >= 11 is 1.30. The van der Waals surface area contributed by atoms with Crippen LogP contribution in [0.15, 0.2) is 24.3 Å². The smallest absolute Gasteiger partial charge is 0.351 e. The van der Waals surface area contributed by atoms with Crippen molar-refractivity contribution in [3.05, 3.63) is 34.7 Å². The molecule has 9 heteroatoms. The zero-order valence-corrected chi connectivity index (χ0v) is 21.4. The van der Waals surface area contributed by atoms with Crippen molar-refractivity contribution in [2.45, 2.75) is 52.2 Å². The van der Waals surface area contributed by atoms with Crippen molar-refractivity contribution < 1.29 is 23.8 Å². The highest BCUT2D eigenvalue weighted by atomic mass is 35.5. The van der Waals surface area contributed by atoms with Crippen LogP contribution in [0.3, 0.4) is 0 Å². The SMILES string of the molecule is COC(=O)c1sc(-c2cccc(NC3CCNCC3)c2)c(C)c1OCC(=O)OC(C)(C)C.Cl. The molecular formula is C24H33ClN2O5S. The molecule has 33 heavy (non-hydrogen) atoms. The fourth-order valence-electron chi connectivity index (χ4n) is 3.63. The molecule has 0 amide bonds. The van der Waals surface area contributed by atoms with Gasteiger partial charge in [-0.3, -0.25) is 0 Å². The maximum atomic E-state index is 12.4. The topological polar surface area (TPSA) is 85.9 Å². The van der Waals surface area contributed by atoms with Crippen molar-refractivity contribution in [3.63, 3.8) is 0 Å². The average molecular weight is 497 g/mol. The second-order valence-electron chi connectivity index (χ2n) is 8.83. The van der Waals surface area contributed by atoms with E-state index in [9.17, 15) is 9.59 Å². The van der Waals surface area contributed by atoms with Crippen molar-refractivity contribution in [3.8, 4) is 16.2 Å². The van der Waals surface area contributed by atoms with Crippen LogP contribution < -0.4 is 15.4 Å². The Kier molecular flexibility index (Phi) is 9.57. The van der Waals surface area contributed by atoms with Crippen molar-refractivity contribution in [1.82, 2.24) is 5.32 Å². The molecule has 0 saturated carbocycles. The summed E-state index contributed by atoms with van der Waals surface area (Å²) in [6.07, 6.45) is 2.16.